The molecule has 0 bridgehead atoms. The molecule has 1 aliphatic rings. The van der Waals surface area contributed by atoms with E-state index in [1.807, 2.05) is 0 Å². The summed E-state index contributed by atoms with van der Waals surface area (Å²) in [6.07, 6.45) is 0. The number of carboxylic acids is 1. The van der Waals surface area contributed by atoms with E-state index >= 15 is 0 Å². The SMILES string of the molecule is CC1(C)SCC(N)C(=O)NC1C(=O)O. The fourth-order valence-electron chi connectivity index (χ4n) is 1.25. The highest BCUT2D eigenvalue weighted by Crippen LogP contribution is 2.30. The van der Waals surface area contributed by atoms with E-state index in [4.69, 9.17) is 10.8 Å². The number of carboxylic acid groups (broad SMARTS) is 1. The molecule has 0 aromatic carbocycles. The van der Waals surface area contributed by atoms with Crippen LogP contribution in [-0.2, 0) is 9.59 Å². The molecule has 1 amide bonds. The van der Waals surface area contributed by atoms with Gasteiger partial charge in [-0.1, -0.05) is 0 Å². The third-order valence-corrected chi connectivity index (χ3v) is 3.71. The molecule has 0 aromatic rings. The zero-order valence-corrected chi connectivity index (χ0v) is 8.93. The Kier molecular flexibility index (Phi) is 3.06. The van der Waals surface area contributed by atoms with Crippen LogP contribution in [0.25, 0.3) is 0 Å². The predicted molar refractivity (Wildman–Crippen MR) is 54.1 cm³/mol. The molecule has 0 radical (unpaired) electrons. The highest BCUT2D eigenvalue weighted by Gasteiger charge is 2.40. The second kappa shape index (κ2) is 3.78. The van der Waals surface area contributed by atoms with Gasteiger partial charge in [-0.2, -0.15) is 11.8 Å². The number of amides is 1. The smallest absolute Gasteiger partial charge is 0.327 e. The number of carbonyl (C=O) groups excluding carboxylic acids is 1. The summed E-state index contributed by atoms with van der Waals surface area (Å²) in [5, 5.41) is 11.4. The lowest BCUT2D eigenvalue weighted by Crippen LogP contribution is -2.53. The highest BCUT2D eigenvalue weighted by molar-refractivity contribution is 8.00. The van der Waals surface area contributed by atoms with E-state index in [-0.39, 0.29) is 0 Å². The van der Waals surface area contributed by atoms with Crippen molar-refractivity contribution in [3.05, 3.63) is 0 Å². The molecular formula is C8H14N2O3S. The van der Waals surface area contributed by atoms with Gasteiger partial charge in [0.05, 0.1) is 6.04 Å². The summed E-state index contributed by atoms with van der Waals surface area (Å²) in [6, 6.07) is -1.50. The lowest BCUT2D eigenvalue weighted by atomic mass is 10.0. The van der Waals surface area contributed by atoms with Gasteiger partial charge in [-0.05, 0) is 13.8 Å². The number of rotatable bonds is 1. The summed E-state index contributed by atoms with van der Waals surface area (Å²) in [6.45, 7) is 3.57. The molecule has 14 heavy (non-hydrogen) atoms. The molecule has 1 fully saturated rings. The third-order valence-electron chi connectivity index (χ3n) is 2.20. The Hall–Kier alpha value is -0.750. The molecule has 1 rings (SSSR count). The van der Waals surface area contributed by atoms with Crippen LogP contribution < -0.4 is 11.1 Å². The lowest BCUT2D eigenvalue weighted by Gasteiger charge is -2.28. The first-order chi connectivity index (χ1) is 6.34. The maximum Gasteiger partial charge on any atom is 0.327 e. The van der Waals surface area contributed by atoms with Crippen LogP contribution in [0.2, 0.25) is 0 Å². The van der Waals surface area contributed by atoms with Gasteiger partial charge in [0.2, 0.25) is 5.91 Å². The summed E-state index contributed by atoms with van der Waals surface area (Å²) < 4.78 is -0.532. The average Bonchev–Trinajstić information content (AvgIpc) is 2.16. The Morgan fingerprint density at radius 2 is 2.29 bits per heavy atom. The first-order valence-corrected chi connectivity index (χ1v) is 5.26. The van der Waals surface area contributed by atoms with Crippen LogP contribution in [0.15, 0.2) is 0 Å². The number of nitrogens with two attached hydrogens (primary N) is 1. The van der Waals surface area contributed by atoms with Crippen molar-refractivity contribution in [2.75, 3.05) is 5.75 Å². The van der Waals surface area contributed by atoms with Gasteiger partial charge >= 0.3 is 5.97 Å². The second-order valence-electron chi connectivity index (χ2n) is 3.80. The van der Waals surface area contributed by atoms with Gasteiger partial charge in [0.1, 0.15) is 6.04 Å². The zero-order valence-electron chi connectivity index (χ0n) is 8.11. The Morgan fingerprint density at radius 3 is 2.79 bits per heavy atom. The molecule has 6 heteroatoms. The van der Waals surface area contributed by atoms with Crippen molar-refractivity contribution in [3.63, 3.8) is 0 Å². The van der Waals surface area contributed by atoms with Crippen molar-refractivity contribution < 1.29 is 14.7 Å². The first kappa shape index (κ1) is 11.3. The quantitative estimate of drug-likeness (QED) is 0.547. The van der Waals surface area contributed by atoms with Gasteiger partial charge in [0.25, 0.3) is 0 Å². The van der Waals surface area contributed by atoms with Crippen molar-refractivity contribution in [2.45, 2.75) is 30.7 Å². The second-order valence-corrected chi connectivity index (χ2v) is 5.47. The van der Waals surface area contributed by atoms with Crippen LogP contribution in [-0.4, -0.2) is 39.6 Å². The van der Waals surface area contributed by atoms with Gasteiger partial charge in [-0.3, -0.25) is 4.79 Å². The van der Waals surface area contributed by atoms with Crippen LogP contribution >= 0.6 is 11.8 Å². The number of aliphatic carboxylic acids is 1. The molecule has 0 saturated carbocycles. The van der Waals surface area contributed by atoms with Gasteiger partial charge in [0.15, 0.2) is 0 Å². The number of hydrogen-bond acceptors (Lipinski definition) is 4. The summed E-state index contributed by atoms with van der Waals surface area (Å²) >= 11 is 1.40. The van der Waals surface area contributed by atoms with Crippen molar-refractivity contribution in [2.24, 2.45) is 5.73 Å². The Morgan fingerprint density at radius 1 is 1.71 bits per heavy atom. The number of thioether (sulfide) groups is 1. The van der Waals surface area contributed by atoms with Crippen molar-refractivity contribution in [3.8, 4) is 0 Å². The molecule has 4 N–H and O–H groups in total. The van der Waals surface area contributed by atoms with Gasteiger partial charge in [-0.25, -0.2) is 4.79 Å². The first-order valence-electron chi connectivity index (χ1n) is 4.27. The molecule has 80 valence electrons. The molecule has 0 aromatic heterocycles. The molecule has 2 unspecified atom stereocenters. The van der Waals surface area contributed by atoms with Crippen LogP contribution in [0, 0.1) is 0 Å². The molecular weight excluding hydrogens is 204 g/mol. The molecule has 5 nitrogen and oxygen atoms in total. The largest absolute Gasteiger partial charge is 0.480 e. The maximum atomic E-state index is 11.3. The molecule has 1 saturated heterocycles. The van der Waals surface area contributed by atoms with E-state index in [0.717, 1.165) is 0 Å². The number of carbonyl (C=O) groups is 2. The molecule has 1 heterocycles. The van der Waals surface area contributed by atoms with Gasteiger partial charge in [-0.15, -0.1) is 0 Å². The van der Waals surface area contributed by atoms with Gasteiger partial charge in [0, 0.05) is 10.5 Å². The standard InChI is InChI=1S/C8H14N2O3S/c1-8(2)5(7(12)13)10-6(11)4(9)3-14-8/h4-5H,3,9H2,1-2H3,(H,10,11)(H,12,13). The minimum Gasteiger partial charge on any atom is -0.480 e. The molecule has 1 aliphatic heterocycles. The summed E-state index contributed by atoms with van der Waals surface area (Å²) in [4.78, 5) is 22.2. The molecule has 2 atom stereocenters. The van der Waals surface area contributed by atoms with Crippen LogP contribution in [0.5, 0.6) is 0 Å². The van der Waals surface area contributed by atoms with E-state index in [1.165, 1.54) is 11.8 Å². The maximum absolute atomic E-state index is 11.3. The third kappa shape index (κ3) is 2.19. The lowest BCUT2D eigenvalue weighted by molar-refractivity contribution is -0.142. The van der Waals surface area contributed by atoms with Gasteiger partial charge < -0.3 is 16.2 Å². The van der Waals surface area contributed by atoms with E-state index in [9.17, 15) is 9.59 Å². The van der Waals surface area contributed by atoms with E-state index in [0.29, 0.717) is 5.75 Å². The van der Waals surface area contributed by atoms with Crippen molar-refractivity contribution in [1.82, 2.24) is 5.32 Å². The zero-order chi connectivity index (χ0) is 10.9. The van der Waals surface area contributed by atoms with Crippen LogP contribution in [0.3, 0.4) is 0 Å². The Balaban J connectivity index is 2.90. The van der Waals surface area contributed by atoms with Crippen molar-refractivity contribution in [1.29, 1.82) is 0 Å². The topological polar surface area (TPSA) is 92.4 Å². The van der Waals surface area contributed by atoms with E-state index in [1.54, 1.807) is 13.8 Å². The average molecular weight is 218 g/mol. The van der Waals surface area contributed by atoms with Crippen LogP contribution in [0.1, 0.15) is 13.8 Å². The fraction of sp³-hybridized carbons (Fsp3) is 0.750. The summed E-state index contributed by atoms with van der Waals surface area (Å²) in [5.41, 5.74) is 5.54. The summed E-state index contributed by atoms with van der Waals surface area (Å²) in [7, 11) is 0. The minimum atomic E-state index is -1.02. The monoisotopic (exact) mass is 218 g/mol. The highest BCUT2D eigenvalue weighted by atomic mass is 32.2. The molecule has 0 spiro atoms. The van der Waals surface area contributed by atoms with E-state index < -0.39 is 28.7 Å². The Bertz CT molecular complexity index is 267. The molecule has 0 aliphatic carbocycles. The Labute approximate surface area is 86.4 Å². The van der Waals surface area contributed by atoms with E-state index in [2.05, 4.69) is 5.32 Å². The van der Waals surface area contributed by atoms with Crippen LogP contribution in [0.4, 0.5) is 0 Å². The minimum absolute atomic E-state index is 0.393. The van der Waals surface area contributed by atoms with Crippen molar-refractivity contribution >= 4 is 23.6 Å². The number of hydrogen-bond donors (Lipinski definition) is 3. The predicted octanol–water partition coefficient (Wildman–Crippen LogP) is -0.591. The fourth-order valence-corrected chi connectivity index (χ4v) is 2.33. The normalized spacial score (nSPS) is 31.8. The summed E-state index contributed by atoms with van der Waals surface area (Å²) in [5.74, 6) is -0.969. The number of nitrogens with one attached hydrogen (secondary N) is 1.